The monoisotopic (exact) mass is 601 g/mol. The molecule has 0 saturated carbocycles. The normalized spacial score (nSPS) is 14.4. The Balaban J connectivity index is 1.64. The van der Waals surface area contributed by atoms with Crippen molar-refractivity contribution >= 4 is 43.9 Å². The molecule has 0 bridgehead atoms. The van der Waals surface area contributed by atoms with Gasteiger partial charge in [0.25, 0.3) is 11.7 Å². The van der Waals surface area contributed by atoms with Crippen molar-refractivity contribution in [1.29, 1.82) is 0 Å². The van der Waals surface area contributed by atoms with Crippen LogP contribution in [-0.4, -0.2) is 77.8 Å². The summed E-state index contributed by atoms with van der Waals surface area (Å²) < 4.78 is 58.4. The van der Waals surface area contributed by atoms with E-state index in [-0.39, 0.29) is 28.1 Å². The van der Waals surface area contributed by atoms with Crippen LogP contribution in [0.1, 0.15) is 36.7 Å². The molecule has 3 aromatic rings. The first-order valence-corrected chi connectivity index (χ1v) is 15.4. The van der Waals surface area contributed by atoms with E-state index in [0.29, 0.717) is 43.1 Å². The maximum absolute atomic E-state index is 15.2. The van der Waals surface area contributed by atoms with Crippen LogP contribution in [0.4, 0.5) is 15.8 Å². The Hall–Kier alpha value is -3.74. The van der Waals surface area contributed by atoms with Crippen LogP contribution < -0.4 is 19.5 Å². The molecule has 1 heterocycles. The van der Waals surface area contributed by atoms with Gasteiger partial charge in [-0.3, -0.25) is 19.2 Å². The fraction of sp³-hybridized carbons (Fsp3) is 0.400. The molecule has 1 aliphatic heterocycles. The average molecular weight is 602 g/mol. The van der Waals surface area contributed by atoms with Crippen LogP contribution in [-0.2, 0) is 25.0 Å². The number of amides is 1. The molecule has 0 aliphatic carbocycles. The lowest BCUT2D eigenvalue weighted by molar-refractivity contribution is -0.112. The van der Waals surface area contributed by atoms with Gasteiger partial charge in [0, 0.05) is 36.0 Å². The Labute approximate surface area is 245 Å². The van der Waals surface area contributed by atoms with E-state index in [9.17, 15) is 18.0 Å². The number of benzene rings is 3. The molecule has 1 amide bonds. The molecule has 0 unspecified atom stereocenters. The van der Waals surface area contributed by atoms with Gasteiger partial charge in [-0.25, -0.2) is 12.8 Å². The molecular formula is C30H36FN3O7S. The van der Waals surface area contributed by atoms with Gasteiger partial charge in [-0.15, -0.1) is 0 Å². The Kier molecular flexibility index (Phi) is 9.39. The van der Waals surface area contributed by atoms with Crippen LogP contribution in [0.25, 0.3) is 10.8 Å². The van der Waals surface area contributed by atoms with Crippen LogP contribution in [0.5, 0.6) is 11.5 Å². The predicted molar refractivity (Wildman–Crippen MR) is 160 cm³/mol. The maximum atomic E-state index is 15.2. The number of morpholine rings is 1. The third-order valence-corrected chi connectivity index (χ3v) is 7.46. The molecule has 3 aromatic carbocycles. The van der Waals surface area contributed by atoms with Gasteiger partial charge in [0.05, 0.1) is 38.0 Å². The Bertz CT molecular complexity index is 1600. The highest BCUT2D eigenvalue weighted by atomic mass is 32.2. The Morgan fingerprint density at radius 2 is 1.76 bits per heavy atom. The number of methoxy groups -OCH3 is 1. The minimum Gasteiger partial charge on any atom is -0.492 e. The summed E-state index contributed by atoms with van der Waals surface area (Å²) in [5, 5.41) is 2.88. The van der Waals surface area contributed by atoms with Gasteiger partial charge < -0.3 is 19.5 Å². The molecule has 0 spiro atoms. The van der Waals surface area contributed by atoms with Crippen molar-refractivity contribution in [3.63, 3.8) is 0 Å². The number of hydrogen-bond acceptors (Lipinski definition) is 8. The smallest absolute Gasteiger partial charge is 0.296 e. The van der Waals surface area contributed by atoms with Crippen LogP contribution in [0.15, 0.2) is 42.5 Å². The first-order chi connectivity index (χ1) is 19.8. The van der Waals surface area contributed by atoms with Gasteiger partial charge in [-0.2, -0.15) is 0 Å². The lowest BCUT2D eigenvalue weighted by Crippen LogP contribution is -2.38. The zero-order chi connectivity index (χ0) is 30.7. The van der Waals surface area contributed by atoms with Crippen LogP contribution >= 0.6 is 0 Å². The quantitative estimate of drug-likeness (QED) is 0.262. The van der Waals surface area contributed by atoms with Gasteiger partial charge >= 0.3 is 0 Å². The molecule has 12 heteroatoms. The summed E-state index contributed by atoms with van der Waals surface area (Å²) in [5.74, 6) is -2.28. The van der Waals surface area contributed by atoms with E-state index in [1.165, 1.54) is 25.3 Å². The van der Waals surface area contributed by atoms with E-state index in [1.807, 2.05) is 20.8 Å². The van der Waals surface area contributed by atoms with Gasteiger partial charge in [-0.05, 0) is 41.3 Å². The topological polar surface area (TPSA) is 123 Å². The highest BCUT2D eigenvalue weighted by Crippen LogP contribution is 2.39. The maximum Gasteiger partial charge on any atom is 0.296 e. The fourth-order valence-corrected chi connectivity index (χ4v) is 5.26. The lowest BCUT2D eigenvalue weighted by atomic mass is 9.86. The molecule has 42 heavy (non-hydrogen) atoms. The largest absolute Gasteiger partial charge is 0.492 e. The number of hydrogen-bond donors (Lipinski definition) is 2. The van der Waals surface area contributed by atoms with E-state index >= 15 is 4.39 Å². The second kappa shape index (κ2) is 12.6. The minimum atomic E-state index is -3.69. The fourth-order valence-electron chi connectivity index (χ4n) is 4.71. The molecule has 0 aromatic heterocycles. The van der Waals surface area contributed by atoms with Crippen LogP contribution in [0, 0.1) is 5.82 Å². The van der Waals surface area contributed by atoms with Crippen molar-refractivity contribution in [3.05, 3.63) is 59.4 Å². The lowest BCUT2D eigenvalue weighted by Gasteiger charge is -2.26. The number of nitrogens with zero attached hydrogens (tertiary/aromatic N) is 1. The van der Waals surface area contributed by atoms with E-state index in [4.69, 9.17) is 14.2 Å². The van der Waals surface area contributed by atoms with Crippen molar-refractivity contribution in [3.8, 4) is 11.5 Å². The number of halogens is 1. The first kappa shape index (κ1) is 31.2. The van der Waals surface area contributed by atoms with Gasteiger partial charge in [-0.1, -0.05) is 32.9 Å². The van der Waals surface area contributed by atoms with E-state index < -0.39 is 32.9 Å². The third-order valence-electron chi connectivity index (χ3n) is 6.87. The van der Waals surface area contributed by atoms with E-state index in [1.54, 1.807) is 24.3 Å². The number of rotatable bonds is 10. The number of fused-ring (bicyclic) bond motifs is 1. The first-order valence-electron chi connectivity index (χ1n) is 13.5. The van der Waals surface area contributed by atoms with Crippen LogP contribution in [0.2, 0.25) is 0 Å². The summed E-state index contributed by atoms with van der Waals surface area (Å²) in [6.45, 7) is 9.68. The highest BCUT2D eigenvalue weighted by molar-refractivity contribution is 7.92. The zero-order valence-corrected chi connectivity index (χ0v) is 25.2. The van der Waals surface area contributed by atoms with Gasteiger partial charge in [0.15, 0.2) is 5.75 Å². The van der Waals surface area contributed by atoms with Crippen molar-refractivity contribution in [2.45, 2.75) is 26.2 Å². The number of Topliss-reactive ketones (excluding diaryl/α,β-unsaturated/α-hetero) is 1. The number of carbonyl (C=O) groups excluding carboxylic acids is 2. The SMILES string of the molecule is COc1c(NC(=O)C(=O)c2ccc(OCCN3CCOCC3)c3cccc(F)c23)cc(C(C)(C)C)cc1NS(C)(=O)=O. The summed E-state index contributed by atoms with van der Waals surface area (Å²) in [6, 6.07) is 10.5. The van der Waals surface area contributed by atoms with Gasteiger partial charge in [0.2, 0.25) is 10.0 Å². The molecule has 1 fully saturated rings. The molecule has 2 N–H and O–H groups in total. The van der Waals surface area contributed by atoms with Crippen molar-refractivity contribution < 1.29 is 36.6 Å². The molecule has 1 aliphatic rings. The summed E-state index contributed by atoms with van der Waals surface area (Å²) in [6.07, 6.45) is 0.994. The predicted octanol–water partition coefficient (Wildman–Crippen LogP) is 4.19. The summed E-state index contributed by atoms with van der Waals surface area (Å²) in [5.41, 5.74) is 0.280. The number of ketones is 1. The molecular weight excluding hydrogens is 565 g/mol. The zero-order valence-electron chi connectivity index (χ0n) is 24.4. The van der Waals surface area contributed by atoms with Crippen molar-refractivity contribution in [2.24, 2.45) is 0 Å². The average Bonchev–Trinajstić information content (AvgIpc) is 2.92. The summed E-state index contributed by atoms with van der Waals surface area (Å²) in [7, 11) is -2.38. The third kappa shape index (κ3) is 7.36. The number of anilines is 2. The molecule has 4 rings (SSSR count). The molecule has 0 radical (unpaired) electrons. The van der Waals surface area contributed by atoms with E-state index in [0.717, 1.165) is 19.3 Å². The summed E-state index contributed by atoms with van der Waals surface area (Å²) in [4.78, 5) is 29.0. The van der Waals surface area contributed by atoms with Crippen LogP contribution in [0.3, 0.4) is 0 Å². The Morgan fingerprint density at radius 3 is 2.40 bits per heavy atom. The number of sulfonamides is 1. The second-order valence-corrected chi connectivity index (χ2v) is 12.8. The molecule has 1 saturated heterocycles. The number of ether oxygens (including phenoxy) is 3. The molecule has 0 atom stereocenters. The second-order valence-electron chi connectivity index (χ2n) is 11.1. The minimum absolute atomic E-state index is 0.0228. The number of nitrogens with one attached hydrogen (secondary N) is 2. The molecule has 226 valence electrons. The molecule has 10 nitrogen and oxygen atoms in total. The van der Waals surface area contributed by atoms with Crippen molar-refractivity contribution in [1.82, 2.24) is 4.90 Å². The summed E-state index contributed by atoms with van der Waals surface area (Å²) >= 11 is 0. The number of carbonyl (C=O) groups is 2. The Morgan fingerprint density at radius 1 is 1.07 bits per heavy atom. The highest BCUT2D eigenvalue weighted by Gasteiger charge is 2.26. The van der Waals surface area contributed by atoms with E-state index in [2.05, 4.69) is 14.9 Å². The standard InChI is InChI=1S/C30H36FN3O7S/c1-30(2,3)19-17-23(28(39-4)24(18-19)33-42(5,37)38)32-29(36)27(35)21-9-10-25(20-7-6-8-22(31)26(20)21)41-16-13-34-11-14-40-15-12-34/h6-10,17-18,33H,11-16H2,1-5H3,(H,32,36). The van der Waals surface area contributed by atoms with Gasteiger partial charge in [0.1, 0.15) is 18.2 Å². The van der Waals surface area contributed by atoms with Crippen molar-refractivity contribution in [2.75, 3.05) is 62.9 Å².